The van der Waals surface area contributed by atoms with Crippen LogP contribution in [0, 0.1) is 13.8 Å². The van der Waals surface area contributed by atoms with Crippen molar-refractivity contribution in [1.29, 1.82) is 0 Å². The number of aromatic nitrogens is 4. The lowest BCUT2D eigenvalue weighted by Crippen LogP contribution is -2.06. The minimum absolute atomic E-state index is 0.253. The highest BCUT2D eigenvalue weighted by Gasteiger charge is 2.20. The molecular formula is C14H12N4O2. The average molecular weight is 268 g/mol. The molecule has 0 bridgehead atoms. The van der Waals surface area contributed by atoms with Gasteiger partial charge >= 0.3 is 5.97 Å². The van der Waals surface area contributed by atoms with Gasteiger partial charge < -0.3 is 5.11 Å². The number of nitrogens with zero attached hydrogens (tertiary/aromatic N) is 4. The van der Waals surface area contributed by atoms with Crippen LogP contribution >= 0.6 is 0 Å². The molecule has 0 fully saturated rings. The smallest absolute Gasteiger partial charge is 0.336 e. The second-order valence-corrected chi connectivity index (χ2v) is 4.59. The molecule has 0 aliphatic heterocycles. The summed E-state index contributed by atoms with van der Waals surface area (Å²) in [6, 6.07) is 5.40. The van der Waals surface area contributed by atoms with E-state index in [0.717, 1.165) is 5.56 Å². The lowest BCUT2D eigenvalue weighted by Gasteiger charge is -2.10. The number of hydrogen-bond donors (Lipinski definition) is 1. The van der Waals surface area contributed by atoms with Crippen molar-refractivity contribution >= 4 is 11.6 Å². The summed E-state index contributed by atoms with van der Waals surface area (Å²) in [5.41, 5.74) is 3.00. The molecule has 1 N–H and O–H groups in total. The second kappa shape index (κ2) is 4.41. The van der Waals surface area contributed by atoms with E-state index < -0.39 is 5.97 Å². The van der Waals surface area contributed by atoms with E-state index in [4.69, 9.17) is 0 Å². The molecule has 3 aromatic rings. The summed E-state index contributed by atoms with van der Waals surface area (Å²) in [5, 5.41) is 17.6. The number of fused-ring (bicyclic) bond motifs is 1. The minimum Gasteiger partial charge on any atom is -0.478 e. The molecule has 2 aromatic heterocycles. The summed E-state index contributed by atoms with van der Waals surface area (Å²) in [6.45, 7) is 3.63. The van der Waals surface area contributed by atoms with E-state index in [1.165, 1.54) is 0 Å². The fourth-order valence-electron chi connectivity index (χ4n) is 2.29. The first-order valence-electron chi connectivity index (χ1n) is 6.08. The summed E-state index contributed by atoms with van der Waals surface area (Å²) in [7, 11) is 0. The number of aryl methyl sites for hydroxylation is 2. The van der Waals surface area contributed by atoms with Crippen LogP contribution in [0.2, 0.25) is 0 Å². The maximum absolute atomic E-state index is 11.6. The lowest BCUT2D eigenvalue weighted by atomic mass is 9.96. The Balaban J connectivity index is 2.40. The molecule has 0 unspecified atom stereocenters. The third-order valence-corrected chi connectivity index (χ3v) is 3.27. The van der Waals surface area contributed by atoms with Crippen LogP contribution in [0.4, 0.5) is 0 Å². The molecule has 6 heteroatoms. The van der Waals surface area contributed by atoms with Crippen molar-refractivity contribution in [3.8, 4) is 11.4 Å². The van der Waals surface area contributed by atoms with Gasteiger partial charge in [-0.15, -0.1) is 10.2 Å². The molecular weight excluding hydrogens is 256 g/mol. The van der Waals surface area contributed by atoms with Crippen LogP contribution in [0.5, 0.6) is 0 Å². The molecule has 0 atom stereocenters. The van der Waals surface area contributed by atoms with E-state index in [1.807, 2.05) is 13.0 Å². The lowest BCUT2D eigenvalue weighted by molar-refractivity contribution is 0.0697. The average Bonchev–Trinajstić information content (AvgIpc) is 2.84. The Bertz CT molecular complexity index is 823. The van der Waals surface area contributed by atoms with Crippen LogP contribution in [0.1, 0.15) is 21.5 Å². The van der Waals surface area contributed by atoms with Gasteiger partial charge in [-0.2, -0.15) is 0 Å². The highest BCUT2D eigenvalue weighted by atomic mass is 16.4. The van der Waals surface area contributed by atoms with Crippen molar-refractivity contribution in [2.24, 2.45) is 0 Å². The van der Waals surface area contributed by atoms with Gasteiger partial charge in [0.05, 0.1) is 5.56 Å². The first-order chi connectivity index (χ1) is 9.59. The van der Waals surface area contributed by atoms with E-state index >= 15 is 0 Å². The van der Waals surface area contributed by atoms with Crippen molar-refractivity contribution in [3.63, 3.8) is 0 Å². The van der Waals surface area contributed by atoms with E-state index in [-0.39, 0.29) is 5.56 Å². The highest BCUT2D eigenvalue weighted by Crippen LogP contribution is 2.28. The quantitative estimate of drug-likeness (QED) is 0.769. The Kier molecular flexibility index (Phi) is 2.71. The number of rotatable bonds is 2. The largest absolute Gasteiger partial charge is 0.478 e. The molecule has 0 saturated heterocycles. The number of carboxylic acids is 1. The summed E-state index contributed by atoms with van der Waals surface area (Å²) in [4.78, 5) is 15.6. The van der Waals surface area contributed by atoms with Gasteiger partial charge in [0, 0.05) is 17.8 Å². The van der Waals surface area contributed by atoms with Crippen molar-refractivity contribution in [2.75, 3.05) is 0 Å². The number of hydrogen-bond acceptors (Lipinski definition) is 4. The van der Waals surface area contributed by atoms with Gasteiger partial charge in [0.15, 0.2) is 11.5 Å². The van der Waals surface area contributed by atoms with Crippen LogP contribution < -0.4 is 0 Å². The second-order valence-electron chi connectivity index (χ2n) is 4.59. The summed E-state index contributed by atoms with van der Waals surface area (Å²) in [6.07, 6.45) is 3.20. The van der Waals surface area contributed by atoms with E-state index in [9.17, 15) is 9.90 Å². The molecule has 0 radical (unpaired) electrons. The number of aromatic carboxylic acids is 1. The zero-order valence-corrected chi connectivity index (χ0v) is 11.0. The normalized spacial score (nSPS) is 10.9. The van der Waals surface area contributed by atoms with Crippen LogP contribution in [0.3, 0.4) is 0 Å². The monoisotopic (exact) mass is 268 g/mol. The predicted molar refractivity (Wildman–Crippen MR) is 72.7 cm³/mol. The number of carboxylic acid groups (broad SMARTS) is 1. The van der Waals surface area contributed by atoms with Gasteiger partial charge in [-0.1, -0.05) is 12.1 Å². The number of carbonyl (C=O) groups is 1. The molecule has 0 aliphatic rings. The van der Waals surface area contributed by atoms with Gasteiger partial charge in [0.2, 0.25) is 0 Å². The SMILES string of the molecule is Cc1ccc(C)c(-c2nnc3ccncn23)c1C(=O)O. The molecule has 0 saturated carbocycles. The van der Waals surface area contributed by atoms with Crippen molar-refractivity contribution < 1.29 is 9.90 Å². The van der Waals surface area contributed by atoms with Crippen LogP contribution in [0.25, 0.3) is 17.0 Å². The fourth-order valence-corrected chi connectivity index (χ4v) is 2.29. The molecule has 20 heavy (non-hydrogen) atoms. The number of benzene rings is 1. The van der Waals surface area contributed by atoms with Crippen LogP contribution in [-0.2, 0) is 0 Å². The van der Waals surface area contributed by atoms with E-state index in [2.05, 4.69) is 15.2 Å². The maximum Gasteiger partial charge on any atom is 0.336 e. The molecule has 0 spiro atoms. The molecule has 100 valence electrons. The van der Waals surface area contributed by atoms with Gasteiger partial charge in [0.25, 0.3) is 0 Å². The van der Waals surface area contributed by atoms with E-state index in [0.29, 0.717) is 22.6 Å². The van der Waals surface area contributed by atoms with Crippen molar-refractivity contribution in [2.45, 2.75) is 13.8 Å². The maximum atomic E-state index is 11.6. The summed E-state index contributed by atoms with van der Waals surface area (Å²) < 4.78 is 1.69. The third kappa shape index (κ3) is 1.73. The van der Waals surface area contributed by atoms with Gasteiger partial charge in [-0.05, 0) is 25.0 Å². The Labute approximate surface area is 114 Å². The molecule has 0 aliphatic carbocycles. The van der Waals surface area contributed by atoms with Crippen molar-refractivity contribution in [1.82, 2.24) is 19.6 Å². The van der Waals surface area contributed by atoms with Gasteiger partial charge in [0.1, 0.15) is 6.33 Å². The first-order valence-corrected chi connectivity index (χ1v) is 6.08. The predicted octanol–water partition coefficient (Wildman–Crippen LogP) is 2.11. The third-order valence-electron chi connectivity index (χ3n) is 3.27. The molecule has 1 aromatic carbocycles. The Hall–Kier alpha value is -2.76. The standard InChI is InChI=1S/C14H12N4O2/c1-8-3-4-9(2)12(14(19)20)11(8)13-17-16-10-5-6-15-7-18(10)13/h3-7H,1-2H3,(H,19,20). The zero-order valence-electron chi connectivity index (χ0n) is 11.0. The van der Waals surface area contributed by atoms with Crippen LogP contribution in [0.15, 0.2) is 30.7 Å². The molecule has 3 rings (SSSR count). The molecule has 6 nitrogen and oxygen atoms in total. The summed E-state index contributed by atoms with van der Waals surface area (Å²) in [5.74, 6) is -0.478. The Morgan fingerprint density at radius 1 is 1.15 bits per heavy atom. The zero-order chi connectivity index (χ0) is 14.3. The molecule has 0 amide bonds. The highest BCUT2D eigenvalue weighted by molar-refractivity contribution is 5.97. The van der Waals surface area contributed by atoms with Crippen molar-refractivity contribution in [3.05, 3.63) is 47.4 Å². The summed E-state index contributed by atoms with van der Waals surface area (Å²) >= 11 is 0. The topological polar surface area (TPSA) is 80.4 Å². The van der Waals surface area contributed by atoms with Crippen LogP contribution in [-0.4, -0.2) is 30.7 Å². The van der Waals surface area contributed by atoms with E-state index in [1.54, 1.807) is 36.0 Å². The minimum atomic E-state index is -0.971. The first kappa shape index (κ1) is 12.3. The Morgan fingerprint density at radius 3 is 2.65 bits per heavy atom. The fraction of sp³-hybridized carbons (Fsp3) is 0.143. The Morgan fingerprint density at radius 2 is 1.90 bits per heavy atom. The van der Waals surface area contributed by atoms with Gasteiger partial charge in [-0.3, -0.25) is 4.40 Å². The molecule has 2 heterocycles. The van der Waals surface area contributed by atoms with Gasteiger partial charge in [-0.25, -0.2) is 9.78 Å².